The van der Waals surface area contributed by atoms with Crippen molar-refractivity contribution in [3.05, 3.63) is 51.9 Å². The lowest BCUT2D eigenvalue weighted by atomic mass is 9.91. The second kappa shape index (κ2) is 9.25. The Hall–Kier alpha value is -2.95. The van der Waals surface area contributed by atoms with E-state index in [1.54, 1.807) is 31.4 Å². The molecule has 0 saturated heterocycles. The summed E-state index contributed by atoms with van der Waals surface area (Å²) in [5.41, 5.74) is 4.79. The molecule has 1 aliphatic rings. The molecule has 1 saturated carbocycles. The first kappa shape index (κ1) is 25.2. The lowest BCUT2D eigenvalue weighted by Crippen LogP contribution is -2.40. The SMILES string of the molecule is Cc1nc([C@@](C)(O)c2cc(Cl)c(F)c(C(=O)N[C@H]3CCC[C@@H]3O)c2OC(C)C)n2ccnc(N)c12. The first-order valence-electron chi connectivity index (χ1n) is 11.4. The Labute approximate surface area is 207 Å². The fourth-order valence-corrected chi connectivity index (χ4v) is 4.79. The van der Waals surface area contributed by atoms with Crippen molar-refractivity contribution in [2.24, 2.45) is 0 Å². The molecular formula is C24H29ClFN5O4. The zero-order valence-electron chi connectivity index (χ0n) is 20.0. The molecule has 1 aromatic carbocycles. The first-order chi connectivity index (χ1) is 16.4. The van der Waals surface area contributed by atoms with Crippen LogP contribution in [0.15, 0.2) is 18.5 Å². The molecule has 9 nitrogen and oxygen atoms in total. The highest BCUT2D eigenvalue weighted by atomic mass is 35.5. The minimum absolute atomic E-state index is 0.0528. The minimum Gasteiger partial charge on any atom is -0.490 e. The molecule has 2 heterocycles. The van der Waals surface area contributed by atoms with E-state index in [9.17, 15) is 15.0 Å². The molecule has 0 bridgehead atoms. The average molecular weight is 506 g/mol. The number of nitrogens with two attached hydrogens (primary N) is 1. The molecule has 1 amide bonds. The van der Waals surface area contributed by atoms with E-state index in [1.165, 1.54) is 19.2 Å². The van der Waals surface area contributed by atoms with Gasteiger partial charge in [0.05, 0.1) is 29.0 Å². The fraction of sp³-hybridized carbons (Fsp3) is 0.458. The molecule has 2 aromatic heterocycles. The molecule has 3 atom stereocenters. The number of aryl methyl sites for hydroxylation is 1. The number of nitrogens with zero attached hydrogens (tertiary/aromatic N) is 3. The van der Waals surface area contributed by atoms with Crippen molar-refractivity contribution >= 4 is 28.8 Å². The Morgan fingerprint density at radius 2 is 2.14 bits per heavy atom. The van der Waals surface area contributed by atoms with Crippen LogP contribution in [-0.2, 0) is 5.60 Å². The van der Waals surface area contributed by atoms with Crippen molar-refractivity contribution in [1.82, 2.24) is 19.7 Å². The molecule has 1 aliphatic carbocycles. The van der Waals surface area contributed by atoms with Crippen LogP contribution < -0.4 is 15.8 Å². The maximum atomic E-state index is 15.4. The molecule has 11 heteroatoms. The van der Waals surface area contributed by atoms with E-state index in [0.29, 0.717) is 24.1 Å². The zero-order valence-corrected chi connectivity index (χ0v) is 20.7. The van der Waals surface area contributed by atoms with Gasteiger partial charge < -0.3 is 26.0 Å². The van der Waals surface area contributed by atoms with Crippen LogP contribution in [0.3, 0.4) is 0 Å². The molecule has 35 heavy (non-hydrogen) atoms. The number of aliphatic hydroxyl groups is 2. The summed E-state index contributed by atoms with van der Waals surface area (Å²) in [4.78, 5) is 21.9. The predicted octanol–water partition coefficient (Wildman–Crippen LogP) is 3.10. The predicted molar refractivity (Wildman–Crippen MR) is 129 cm³/mol. The Morgan fingerprint density at radius 1 is 1.43 bits per heavy atom. The summed E-state index contributed by atoms with van der Waals surface area (Å²) in [6.07, 6.45) is 3.72. The smallest absolute Gasteiger partial charge is 0.258 e. The van der Waals surface area contributed by atoms with Gasteiger partial charge in [-0.2, -0.15) is 0 Å². The molecule has 3 aromatic rings. The van der Waals surface area contributed by atoms with Crippen molar-refractivity contribution in [3.63, 3.8) is 0 Å². The van der Waals surface area contributed by atoms with E-state index in [1.807, 2.05) is 0 Å². The maximum Gasteiger partial charge on any atom is 0.258 e. The van der Waals surface area contributed by atoms with Gasteiger partial charge in [-0.05, 0) is 53.0 Å². The quantitative estimate of drug-likeness (QED) is 0.404. The Balaban J connectivity index is 1.92. The fourth-order valence-electron chi connectivity index (χ4n) is 4.59. The van der Waals surface area contributed by atoms with Crippen LogP contribution in [0.4, 0.5) is 10.2 Å². The van der Waals surface area contributed by atoms with Gasteiger partial charge in [0.15, 0.2) is 5.82 Å². The summed E-state index contributed by atoms with van der Waals surface area (Å²) in [6, 6.07) is 0.711. The highest BCUT2D eigenvalue weighted by Gasteiger charge is 2.39. The molecule has 188 valence electrons. The van der Waals surface area contributed by atoms with Crippen LogP contribution in [0.1, 0.15) is 67.5 Å². The number of nitrogen functional groups attached to an aromatic ring is 1. The van der Waals surface area contributed by atoms with Gasteiger partial charge >= 0.3 is 0 Å². The monoisotopic (exact) mass is 505 g/mol. The molecule has 0 radical (unpaired) electrons. The Bertz CT molecular complexity index is 1290. The van der Waals surface area contributed by atoms with Crippen molar-refractivity contribution in [1.29, 1.82) is 0 Å². The number of amides is 1. The number of hydrogen-bond donors (Lipinski definition) is 4. The second-order valence-corrected chi connectivity index (χ2v) is 9.70. The Morgan fingerprint density at radius 3 is 2.77 bits per heavy atom. The minimum atomic E-state index is -1.88. The highest BCUT2D eigenvalue weighted by Crippen LogP contribution is 2.42. The van der Waals surface area contributed by atoms with Gasteiger partial charge in [0.2, 0.25) is 0 Å². The van der Waals surface area contributed by atoms with E-state index >= 15 is 4.39 Å². The molecular weight excluding hydrogens is 477 g/mol. The van der Waals surface area contributed by atoms with Crippen LogP contribution in [0.25, 0.3) is 5.52 Å². The topological polar surface area (TPSA) is 135 Å². The van der Waals surface area contributed by atoms with Crippen molar-refractivity contribution < 1.29 is 24.1 Å². The van der Waals surface area contributed by atoms with Crippen LogP contribution in [0, 0.1) is 12.7 Å². The molecule has 0 spiro atoms. The average Bonchev–Trinajstić information content (AvgIpc) is 3.34. The number of anilines is 1. The van der Waals surface area contributed by atoms with Gasteiger partial charge in [0.1, 0.15) is 34.1 Å². The van der Waals surface area contributed by atoms with Gasteiger partial charge in [-0.25, -0.2) is 14.4 Å². The molecule has 5 N–H and O–H groups in total. The van der Waals surface area contributed by atoms with Crippen LogP contribution in [0.5, 0.6) is 5.75 Å². The summed E-state index contributed by atoms with van der Waals surface area (Å²) < 4.78 is 22.9. The standard InChI is InChI=1S/C24H29ClFN5O4/c1-11(2)35-20-13(24(4,34)23-29-12(3)19-21(27)28-8-9-31(19)23)10-14(25)18(26)17(20)22(33)30-15-6-5-7-16(15)32/h8-11,15-16,32,34H,5-7H2,1-4H3,(H2,27,28)(H,30,33)/t15-,16-,24-/m0/s1. The lowest BCUT2D eigenvalue weighted by Gasteiger charge is -2.28. The number of imidazole rings is 1. The molecule has 1 fully saturated rings. The third kappa shape index (κ3) is 4.41. The van der Waals surface area contributed by atoms with Crippen LogP contribution >= 0.6 is 11.6 Å². The number of ether oxygens (including phenoxy) is 1. The molecule has 4 rings (SSSR count). The number of nitrogens with one attached hydrogen (secondary N) is 1. The van der Waals surface area contributed by atoms with Crippen molar-refractivity contribution in [2.45, 2.75) is 70.8 Å². The van der Waals surface area contributed by atoms with E-state index < -0.39 is 41.1 Å². The van der Waals surface area contributed by atoms with Gasteiger partial charge in [0, 0.05) is 18.0 Å². The summed E-state index contributed by atoms with van der Waals surface area (Å²) >= 11 is 6.23. The summed E-state index contributed by atoms with van der Waals surface area (Å²) in [6.45, 7) is 6.61. The molecule has 0 aliphatic heterocycles. The van der Waals surface area contributed by atoms with Crippen LogP contribution in [-0.4, -0.2) is 48.7 Å². The van der Waals surface area contributed by atoms with Gasteiger partial charge in [-0.3, -0.25) is 9.20 Å². The number of aliphatic hydroxyl groups excluding tert-OH is 1. The third-order valence-electron chi connectivity index (χ3n) is 6.27. The number of rotatable bonds is 6. The largest absolute Gasteiger partial charge is 0.490 e. The van der Waals surface area contributed by atoms with Crippen molar-refractivity contribution in [3.8, 4) is 5.75 Å². The van der Waals surface area contributed by atoms with E-state index in [2.05, 4.69) is 15.3 Å². The van der Waals surface area contributed by atoms with E-state index in [-0.39, 0.29) is 28.0 Å². The normalized spacial score (nSPS) is 19.8. The number of hydrogen-bond acceptors (Lipinski definition) is 7. The van der Waals surface area contributed by atoms with E-state index in [0.717, 1.165) is 6.42 Å². The lowest BCUT2D eigenvalue weighted by molar-refractivity contribution is 0.0821. The van der Waals surface area contributed by atoms with E-state index in [4.69, 9.17) is 22.1 Å². The maximum absolute atomic E-state index is 15.4. The Kier molecular flexibility index (Phi) is 6.65. The second-order valence-electron chi connectivity index (χ2n) is 9.29. The summed E-state index contributed by atoms with van der Waals surface area (Å²) in [7, 11) is 0. The van der Waals surface area contributed by atoms with Crippen LogP contribution in [0.2, 0.25) is 5.02 Å². The third-order valence-corrected chi connectivity index (χ3v) is 6.54. The first-order valence-corrected chi connectivity index (χ1v) is 11.8. The van der Waals surface area contributed by atoms with Crippen molar-refractivity contribution in [2.75, 3.05) is 5.73 Å². The number of benzene rings is 1. The number of halogens is 2. The number of aromatic nitrogens is 3. The summed E-state index contributed by atoms with van der Waals surface area (Å²) in [5.74, 6) is -1.54. The van der Waals surface area contributed by atoms with Gasteiger partial charge in [0.25, 0.3) is 5.91 Å². The molecule has 0 unspecified atom stereocenters. The summed E-state index contributed by atoms with van der Waals surface area (Å²) in [5, 5.41) is 24.3. The van der Waals surface area contributed by atoms with Gasteiger partial charge in [-0.15, -0.1) is 0 Å². The number of carbonyl (C=O) groups excluding carboxylic acids is 1. The number of fused-ring (bicyclic) bond motifs is 1. The highest BCUT2D eigenvalue weighted by molar-refractivity contribution is 6.31. The zero-order chi connectivity index (χ0) is 25.7. The van der Waals surface area contributed by atoms with Gasteiger partial charge in [-0.1, -0.05) is 11.6 Å². The number of carbonyl (C=O) groups is 1.